The van der Waals surface area contributed by atoms with Gasteiger partial charge < -0.3 is 16.0 Å². The molecule has 4 N–H and O–H groups in total. The van der Waals surface area contributed by atoms with Crippen LogP contribution in [-0.4, -0.2) is 26.1 Å². The molecule has 2 heterocycles. The van der Waals surface area contributed by atoms with E-state index in [0.29, 0.717) is 35.3 Å². The number of carbonyl (C=O) groups excluding carboxylic acids is 1. The van der Waals surface area contributed by atoms with Crippen molar-refractivity contribution in [1.29, 1.82) is 0 Å². The number of fused-ring (bicyclic) bond motifs is 1. The SMILES string of the molecule is CCCCC(=O)NCc1ccc(Nc2n[nH]c3ncnc(Nc4cccc(Cl)c4)c23)cc1. The number of halogens is 1. The number of nitrogens with zero attached hydrogens (tertiary/aromatic N) is 3. The fraction of sp³-hybridized carbons (Fsp3) is 0.217. The molecule has 0 aliphatic heterocycles. The van der Waals surface area contributed by atoms with Crippen molar-refractivity contribution in [3.05, 3.63) is 65.4 Å². The number of amides is 1. The first-order chi connectivity index (χ1) is 15.6. The van der Waals surface area contributed by atoms with Crippen LogP contribution in [-0.2, 0) is 11.3 Å². The maximum absolute atomic E-state index is 11.8. The highest BCUT2D eigenvalue weighted by atomic mass is 35.5. The first-order valence-electron chi connectivity index (χ1n) is 10.5. The molecule has 0 spiro atoms. The molecule has 8 nitrogen and oxygen atoms in total. The third kappa shape index (κ3) is 5.33. The summed E-state index contributed by atoms with van der Waals surface area (Å²) >= 11 is 6.09. The van der Waals surface area contributed by atoms with E-state index in [4.69, 9.17) is 11.6 Å². The Hall–Kier alpha value is -3.65. The fourth-order valence-corrected chi connectivity index (χ4v) is 3.41. The van der Waals surface area contributed by atoms with Gasteiger partial charge in [0.15, 0.2) is 11.5 Å². The maximum Gasteiger partial charge on any atom is 0.220 e. The molecule has 0 saturated carbocycles. The van der Waals surface area contributed by atoms with E-state index in [1.807, 2.05) is 48.5 Å². The van der Waals surface area contributed by atoms with Gasteiger partial charge in [-0.2, -0.15) is 5.10 Å². The second kappa shape index (κ2) is 10.1. The number of anilines is 4. The summed E-state index contributed by atoms with van der Waals surface area (Å²) in [7, 11) is 0. The fourth-order valence-electron chi connectivity index (χ4n) is 3.22. The molecule has 0 radical (unpaired) electrons. The Morgan fingerprint density at radius 3 is 2.62 bits per heavy atom. The van der Waals surface area contributed by atoms with Gasteiger partial charge >= 0.3 is 0 Å². The van der Waals surface area contributed by atoms with Crippen molar-refractivity contribution >= 4 is 51.6 Å². The number of rotatable bonds is 9. The van der Waals surface area contributed by atoms with Crippen molar-refractivity contribution in [2.24, 2.45) is 0 Å². The van der Waals surface area contributed by atoms with Crippen LogP contribution in [0.5, 0.6) is 0 Å². The molecule has 32 heavy (non-hydrogen) atoms. The third-order valence-corrected chi connectivity index (χ3v) is 5.14. The van der Waals surface area contributed by atoms with E-state index in [0.717, 1.165) is 35.2 Å². The summed E-state index contributed by atoms with van der Waals surface area (Å²) in [6, 6.07) is 15.2. The normalized spacial score (nSPS) is 10.8. The van der Waals surface area contributed by atoms with Crippen LogP contribution in [0.3, 0.4) is 0 Å². The minimum atomic E-state index is 0.0803. The van der Waals surface area contributed by atoms with E-state index >= 15 is 0 Å². The van der Waals surface area contributed by atoms with Crippen molar-refractivity contribution in [3.63, 3.8) is 0 Å². The predicted octanol–water partition coefficient (Wildman–Crippen LogP) is 5.30. The van der Waals surface area contributed by atoms with Gasteiger partial charge in [-0.1, -0.05) is 43.1 Å². The summed E-state index contributed by atoms with van der Waals surface area (Å²) in [5.74, 6) is 1.29. The van der Waals surface area contributed by atoms with Crippen molar-refractivity contribution in [1.82, 2.24) is 25.5 Å². The van der Waals surface area contributed by atoms with Crippen molar-refractivity contribution in [2.75, 3.05) is 10.6 Å². The van der Waals surface area contributed by atoms with Gasteiger partial charge in [-0.15, -0.1) is 0 Å². The Balaban J connectivity index is 1.48. The summed E-state index contributed by atoms with van der Waals surface area (Å²) in [6.45, 7) is 2.58. The summed E-state index contributed by atoms with van der Waals surface area (Å²) in [4.78, 5) is 20.4. The van der Waals surface area contributed by atoms with Crippen LogP contribution in [0.25, 0.3) is 11.0 Å². The van der Waals surface area contributed by atoms with E-state index in [1.165, 1.54) is 6.33 Å². The standard InChI is InChI=1S/C23H24ClN7O/c1-2-3-7-19(32)25-13-15-8-10-17(11-9-15)28-23-20-21(26-14-27-22(20)30-31-23)29-18-6-4-5-16(24)12-18/h4-6,8-12,14H,2-3,7,13H2,1H3,(H,25,32)(H3,26,27,28,29,30,31). The molecular weight excluding hydrogens is 426 g/mol. The van der Waals surface area contributed by atoms with E-state index in [1.54, 1.807) is 0 Å². The number of carbonyl (C=O) groups is 1. The lowest BCUT2D eigenvalue weighted by Gasteiger charge is -2.09. The minimum absolute atomic E-state index is 0.0803. The van der Waals surface area contributed by atoms with Gasteiger partial charge in [-0.3, -0.25) is 9.89 Å². The zero-order valence-corrected chi connectivity index (χ0v) is 18.4. The highest BCUT2D eigenvalue weighted by molar-refractivity contribution is 6.30. The molecule has 0 unspecified atom stereocenters. The summed E-state index contributed by atoms with van der Waals surface area (Å²) in [5.41, 5.74) is 3.31. The van der Waals surface area contributed by atoms with E-state index in [2.05, 4.69) is 43.0 Å². The largest absolute Gasteiger partial charge is 0.352 e. The first kappa shape index (κ1) is 21.6. The van der Waals surface area contributed by atoms with Crippen molar-refractivity contribution in [2.45, 2.75) is 32.7 Å². The van der Waals surface area contributed by atoms with Crippen LogP contribution in [0.4, 0.5) is 23.0 Å². The predicted molar refractivity (Wildman–Crippen MR) is 128 cm³/mol. The minimum Gasteiger partial charge on any atom is -0.352 e. The summed E-state index contributed by atoms with van der Waals surface area (Å²) < 4.78 is 0. The van der Waals surface area contributed by atoms with Crippen LogP contribution in [0, 0.1) is 0 Å². The number of aromatic amines is 1. The molecule has 9 heteroatoms. The number of H-pyrrole nitrogens is 1. The molecule has 4 rings (SSSR count). The molecule has 1 amide bonds. The molecule has 0 aliphatic rings. The smallest absolute Gasteiger partial charge is 0.220 e. The number of hydrogen-bond donors (Lipinski definition) is 4. The van der Waals surface area contributed by atoms with Gasteiger partial charge in [0.1, 0.15) is 17.5 Å². The lowest BCUT2D eigenvalue weighted by molar-refractivity contribution is -0.121. The molecule has 164 valence electrons. The molecule has 0 saturated heterocycles. The van der Waals surface area contributed by atoms with Crippen LogP contribution < -0.4 is 16.0 Å². The Morgan fingerprint density at radius 1 is 1.03 bits per heavy atom. The van der Waals surface area contributed by atoms with Gasteiger partial charge in [-0.05, 0) is 42.3 Å². The van der Waals surface area contributed by atoms with Crippen LogP contribution >= 0.6 is 11.6 Å². The number of aromatic nitrogens is 4. The number of hydrogen-bond acceptors (Lipinski definition) is 6. The molecule has 0 atom stereocenters. The molecule has 2 aromatic heterocycles. The van der Waals surface area contributed by atoms with E-state index in [-0.39, 0.29) is 5.91 Å². The Bertz CT molecular complexity index is 1210. The maximum atomic E-state index is 11.8. The lowest BCUT2D eigenvalue weighted by Crippen LogP contribution is -2.22. The topological polar surface area (TPSA) is 108 Å². The Morgan fingerprint density at radius 2 is 1.84 bits per heavy atom. The molecule has 0 bridgehead atoms. The quantitative estimate of drug-likeness (QED) is 0.276. The molecule has 0 fully saturated rings. The molecular formula is C23H24ClN7O. The lowest BCUT2D eigenvalue weighted by atomic mass is 10.2. The summed E-state index contributed by atoms with van der Waals surface area (Å²) in [5, 5.41) is 18.2. The van der Waals surface area contributed by atoms with Gasteiger partial charge in [0.25, 0.3) is 0 Å². The van der Waals surface area contributed by atoms with Gasteiger partial charge in [-0.25, -0.2) is 9.97 Å². The number of unbranched alkanes of at least 4 members (excludes halogenated alkanes) is 1. The monoisotopic (exact) mass is 449 g/mol. The highest BCUT2D eigenvalue weighted by Crippen LogP contribution is 2.30. The van der Waals surface area contributed by atoms with E-state index < -0.39 is 0 Å². The van der Waals surface area contributed by atoms with Crippen LogP contribution in [0.2, 0.25) is 5.02 Å². The second-order valence-electron chi connectivity index (χ2n) is 7.36. The zero-order chi connectivity index (χ0) is 22.3. The second-order valence-corrected chi connectivity index (χ2v) is 7.79. The summed E-state index contributed by atoms with van der Waals surface area (Å²) in [6.07, 6.45) is 3.96. The van der Waals surface area contributed by atoms with Gasteiger partial charge in [0.2, 0.25) is 5.91 Å². The van der Waals surface area contributed by atoms with Crippen molar-refractivity contribution < 1.29 is 4.79 Å². The number of nitrogens with one attached hydrogen (secondary N) is 4. The average Bonchev–Trinajstić information content (AvgIpc) is 3.21. The molecule has 4 aromatic rings. The highest BCUT2D eigenvalue weighted by Gasteiger charge is 2.13. The zero-order valence-electron chi connectivity index (χ0n) is 17.7. The average molecular weight is 450 g/mol. The van der Waals surface area contributed by atoms with E-state index in [9.17, 15) is 4.79 Å². The number of benzene rings is 2. The van der Waals surface area contributed by atoms with Crippen LogP contribution in [0.15, 0.2) is 54.9 Å². The van der Waals surface area contributed by atoms with Gasteiger partial charge in [0.05, 0.1) is 0 Å². The molecule has 2 aromatic carbocycles. The first-order valence-corrected chi connectivity index (χ1v) is 10.8. The Labute approximate surface area is 190 Å². The van der Waals surface area contributed by atoms with Gasteiger partial charge in [0, 0.05) is 29.4 Å². The van der Waals surface area contributed by atoms with Crippen molar-refractivity contribution in [3.8, 4) is 0 Å². The third-order valence-electron chi connectivity index (χ3n) is 4.91. The molecule has 0 aliphatic carbocycles. The Kier molecular flexibility index (Phi) is 6.81. The van der Waals surface area contributed by atoms with Crippen LogP contribution in [0.1, 0.15) is 31.7 Å².